The number of thiocarbonyl (C=S) groups is 1. The summed E-state index contributed by atoms with van der Waals surface area (Å²) in [5, 5.41) is 4.32. The Morgan fingerprint density at radius 3 is 2.63 bits per heavy atom. The van der Waals surface area contributed by atoms with Crippen LogP contribution in [0.4, 0.5) is 0 Å². The predicted molar refractivity (Wildman–Crippen MR) is 79.4 cm³/mol. The molecule has 0 unspecified atom stereocenters. The van der Waals surface area contributed by atoms with Gasteiger partial charge in [-0.3, -0.25) is 4.68 Å². The van der Waals surface area contributed by atoms with Crippen molar-refractivity contribution < 1.29 is 4.74 Å². The van der Waals surface area contributed by atoms with Crippen molar-refractivity contribution in [2.75, 3.05) is 6.61 Å². The molecule has 1 heterocycles. The molecule has 2 aromatic rings. The number of aryl methyl sites for hydroxylation is 2. The Balaban J connectivity index is 1.75. The number of rotatable bonds is 6. The minimum absolute atomic E-state index is 0.403. The fraction of sp³-hybridized carbons (Fsp3) is 0.286. The molecule has 0 radical (unpaired) electrons. The molecule has 0 atom stereocenters. The zero-order valence-electron chi connectivity index (χ0n) is 10.9. The summed E-state index contributed by atoms with van der Waals surface area (Å²) in [5.74, 6) is 0.830. The topological polar surface area (TPSA) is 53.1 Å². The molecule has 2 rings (SSSR count). The number of nitrogens with two attached hydrogens (primary N) is 1. The normalized spacial score (nSPS) is 10.4. The molecule has 1 aromatic carbocycles. The van der Waals surface area contributed by atoms with Crippen LogP contribution in [0.1, 0.15) is 17.7 Å². The first kappa shape index (κ1) is 13.5. The molecule has 100 valence electrons. The van der Waals surface area contributed by atoms with E-state index in [2.05, 4.69) is 5.10 Å². The van der Waals surface area contributed by atoms with E-state index in [0.29, 0.717) is 11.6 Å². The predicted octanol–water partition coefficient (Wildman–Crippen LogP) is 2.29. The Hall–Kier alpha value is -1.88. The van der Waals surface area contributed by atoms with Crippen molar-refractivity contribution >= 4 is 17.2 Å². The second-order valence-corrected chi connectivity index (χ2v) is 4.75. The van der Waals surface area contributed by atoms with Crippen molar-refractivity contribution in [3.63, 3.8) is 0 Å². The summed E-state index contributed by atoms with van der Waals surface area (Å²) >= 11 is 4.89. The van der Waals surface area contributed by atoms with Crippen molar-refractivity contribution in [3.8, 4) is 5.75 Å². The van der Waals surface area contributed by atoms with Crippen molar-refractivity contribution in [2.24, 2.45) is 5.73 Å². The fourth-order valence-corrected chi connectivity index (χ4v) is 1.86. The maximum absolute atomic E-state index is 5.64. The lowest BCUT2D eigenvalue weighted by Gasteiger charge is -2.07. The molecule has 5 heteroatoms. The molecule has 4 nitrogen and oxygen atoms in total. The molecule has 0 fully saturated rings. The summed E-state index contributed by atoms with van der Waals surface area (Å²) in [4.78, 5) is 0.403. The summed E-state index contributed by atoms with van der Waals surface area (Å²) in [6.45, 7) is 3.50. The van der Waals surface area contributed by atoms with Crippen LogP contribution >= 0.6 is 12.2 Å². The summed E-state index contributed by atoms with van der Waals surface area (Å²) in [6, 6.07) is 9.50. The van der Waals surface area contributed by atoms with E-state index in [1.54, 1.807) is 0 Å². The Labute approximate surface area is 118 Å². The van der Waals surface area contributed by atoms with Crippen LogP contribution in [0.2, 0.25) is 0 Å². The van der Waals surface area contributed by atoms with Gasteiger partial charge in [0.1, 0.15) is 10.7 Å². The third-order valence-electron chi connectivity index (χ3n) is 2.71. The standard InChI is InChI=1S/C14H17N3OS/c1-11-7-9-17(16-11)8-2-10-18-13-5-3-12(4-6-13)14(15)19/h3-7,9H,2,8,10H2,1H3,(H2,15,19). The van der Waals surface area contributed by atoms with E-state index in [4.69, 9.17) is 22.7 Å². The second-order valence-electron chi connectivity index (χ2n) is 4.31. The lowest BCUT2D eigenvalue weighted by molar-refractivity contribution is 0.298. The van der Waals surface area contributed by atoms with Gasteiger partial charge in [-0.25, -0.2) is 0 Å². The van der Waals surface area contributed by atoms with Gasteiger partial charge in [0.15, 0.2) is 0 Å². The third-order valence-corrected chi connectivity index (χ3v) is 2.95. The molecule has 1 aromatic heterocycles. The van der Waals surface area contributed by atoms with Crippen LogP contribution in [0.5, 0.6) is 5.75 Å². The van der Waals surface area contributed by atoms with Crippen LogP contribution < -0.4 is 10.5 Å². The van der Waals surface area contributed by atoms with Gasteiger partial charge in [0.05, 0.1) is 12.3 Å². The highest BCUT2D eigenvalue weighted by Gasteiger charge is 1.98. The van der Waals surface area contributed by atoms with Gasteiger partial charge in [0.2, 0.25) is 0 Å². The van der Waals surface area contributed by atoms with Gasteiger partial charge in [0.25, 0.3) is 0 Å². The summed E-state index contributed by atoms with van der Waals surface area (Å²) < 4.78 is 7.57. The van der Waals surface area contributed by atoms with E-state index < -0.39 is 0 Å². The molecule has 0 aliphatic heterocycles. The number of ether oxygens (including phenoxy) is 1. The Kier molecular flexibility index (Phi) is 4.52. The Morgan fingerprint density at radius 2 is 2.05 bits per heavy atom. The lowest BCUT2D eigenvalue weighted by Crippen LogP contribution is -2.09. The summed E-state index contributed by atoms with van der Waals surface area (Å²) in [6.07, 6.45) is 2.89. The molecule has 0 saturated carbocycles. The van der Waals surface area contributed by atoms with Crippen LogP contribution in [0.15, 0.2) is 36.5 Å². The summed E-state index contributed by atoms with van der Waals surface area (Å²) in [7, 11) is 0. The molecule has 0 amide bonds. The largest absolute Gasteiger partial charge is 0.494 e. The van der Waals surface area contributed by atoms with E-state index in [9.17, 15) is 0 Å². The van der Waals surface area contributed by atoms with Crippen molar-refractivity contribution in [1.29, 1.82) is 0 Å². The second kappa shape index (κ2) is 6.33. The van der Waals surface area contributed by atoms with Crippen LogP contribution in [0.25, 0.3) is 0 Å². The van der Waals surface area contributed by atoms with Crippen molar-refractivity contribution in [1.82, 2.24) is 9.78 Å². The van der Waals surface area contributed by atoms with Gasteiger partial charge in [-0.1, -0.05) is 12.2 Å². The molecule has 19 heavy (non-hydrogen) atoms. The average Bonchev–Trinajstić information content (AvgIpc) is 2.81. The Morgan fingerprint density at radius 1 is 1.32 bits per heavy atom. The van der Waals surface area contributed by atoms with Gasteiger partial charge in [0, 0.05) is 24.7 Å². The van der Waals surface area contributed by atoms with E-state index in [1.165, 1.54) is 0 Å². The highest BCUT2D eigenvalue weighted by molar-refractivity contribution is 7.80. The SMILES string of the molecule is Cc1ccn(CCCOc2ccc(C(N)=S)cc2)n1. The zero-order chi connectivity index (χ0) is 13.7. The van der Waals surface area contributed by atoms with Crippen LogP contribution in [-0.2, 0) is 6.54 Å². The van der Waals surface area contributed by atoms with Gasteiger partial charge in [-0.05, 0) is 37.3 Å². The quantitative estimate of drug-likeness (QED) is 0.649. The first-order valence-electron chi connectivity index (χ1n) is 6.18. The van der Waals surface area contributed by atoms with Crippen molar-refractivity contribution in [2.45, 2.75) is 19.9 Å². The number of hydrogen-bond acceptors (Lipinski definition) is 3. The zero-order valence-corrected chi connectivity index (χ0v) is 11.7. The number of nitrogens with zero attached hydrogens (tertiary/aromatic N) is 2. The Bertz CT molecular complexity index is 548. The highest BCUT2D eigenvalue weighted by atomic mass is 32.1. The molecule has 0 spiro atoms. The van der Waals surface area contributed by atoms with Crippen LogP contribution in [0.3, 0.4) is 0 Å². The molecule has 0 aliphatic carbocycles. The van der Waals surface area contributed by atoms with Crippen LogP contribution in [0, 0.1) is 6.92 Å². The summed E-state index contributed by atoms with van der Waals surface area (Å²) in [5.41, 5.74) is 7.43. The van der Waals surface area contributed by atoms with Gasteiger partial charge in [-0.2, -0.15) is 5.10 Å². The first-order chi connectivity index (χ1) is 9.15. The van der Waals surface area contributed by atoms with Gasteiger partial charge >= 0.3 is 0 Å². The average molecular weight is 275 g/mol. The minimum Gasteiger partial charge on any atom is -0.494 e. The van der Waals surface area contributed by atoms with Gasteiger partial charge in [-0.15, -0.1) is 0 Å². The van der Waals surface area contributed by atoms with E-state index >= 15 is 0 Å². The van der Waals surface area contributed by atoms with E-state index in [0.717, 1.165) is 30.0 Å². The van der Waals surface area contributed by atoms with Crippen LogP contribution in [-0.4, -0.2) is 21.4 Å². The number of hydrogen-bond donors (Lipinski definition) is 1. The molecule has 0 saturated heterocycles. The van der Waals surface area contributed by atoms with Gasteiger partial charge < -0.3 is 10.5 Å². The van der Waals surface area contributed by atoms with Crippen molar-refractivity contribution in [3.05, 3.63) is 47.8 Å². The molecule has 2 N–H and O–H groups in total. The highest BCUT2D eigenvalue weighted by Crippen LogP contribution is 2.12. The molecular weight excluding hydrogens is 258 g/mol. The number of aromatic nitrogens is 2. The lowest BCUT2D eigenvalue weighted by atomic mass is 10.2. The maximum atomic E-state index is 5.64. The minimum atomic E-state index is 0.403. The number of benzene rings is 1. The smallest absolute Gasteiger partial charge is 0.119 e. The molecular formula is C14H17N3OS. The van der Waals surface area contributed by atoms with E-state index in [-0.39, 0.29) is 0 Å². The van der Waals surface area contributed by atoms with E-state index in [1.807, 2.05) is 48.1 Å². The third kappa shape index (κ3) is 4.06. The molecule has 0 bridgehead atoms. The monoisotopic (exact) mass is 275 g/mol. The first-order valence-corrected chi connectivity index (χ1v) is 6.59. The fourth-order valence-electron chi connectivity index (χ4n) is 1.72. The molecule has 0 aliphatic rings. The maximum Gasteiger partial charge on any atom is 0.119 e.